The third-order valence-corrected chi connectivity index (χ3v) is 3.72. The summed E-state index contributed by atoms with van der Waals surface area (Å²) >= 11 is 1.51. The Morgan fingerprint density at radius 2 is 2.15 bits per heavy atom. The minimum absolute atomic E-state index is 0.0171. The average molecular weight is 293 g/mol. The van der Waals surface area contributed by atoms with Gasteiger partial charge in [-0.15, -0.1) is 11.3 Å². The molecule has 20 heavy (non-hydrogen) atoms. The van der Waals surface area contributed by atoms with Crippen molar-refractivity contribution in [3.63, 3.8) is 0 Å². The molecule has 1 aromatic carbocycles. The fourth-order valence-corrected chi connectivity index (χ4v) is 2.59. The molecule has 0 aliphatic rings. The summed E-state index contributed by atoms with van der Waals surface area (Å²) < 4.78 is 12.9. The first-order valence-electron chi connectivity index (χ1n) is 6.26. The fraction of sp³-hybridized carbons (Fsp3) is 0.286. The fourth-order valence-electron chi connectivity index (χ4n) is 1.77. The van der Waals surface area contributed by atoms with Gasteiger partial charge >= 0.3 is 0 Å². The Hall–Kier alpha value is -1.79. The van der Waals surface area contributed by atoms with Gasteiger partial charge in [-0.25, -0.2) is 9.37 Å². The number of halogens is 1. The number of thiazole rings is 1. The summed E-state index contributed by atoms with van der Waals surface area (Å²) in [4.78, 5) is 15.3. The van der Waals surface area contributed by atoms with Crippen LogP contribution in [0.15, 0.2) is 29.6 Å². The predicted octanol–water partition coefficient (Wildman–Crippen LogP) is 2.30. The summed E-state index contributed by atoms with van der Waals surface area (Å²) in [5, 5.41) is 5.99. The van der Waals surface area contributed by atoms with E-state index in [9.17, 15) is 9.18 Å². The van der Waals surface area contributed by atoms with Crippen molar-refractivity contribution in [2.45, 2.75) is 25.9 Å². The second-order valence-corrected chi connectivity index (χ2v) is 5.46. The molecule has 6 heteroatoms. The number of hydrogen-bond donors (Lipinski definition) is 2. The molecular weight excluding hydrogens is 277 g/mol. The van der Waals surface area contributed by atoms with Gasteiger partial charge in [-0.3, -0.25) is 4.79 Å². The number of nitrogens with zero attached hydrogens (tertiary/aromatic N) is 1. The Kier molecular flexibility index (Phi) is 4.81. The molecule has 0 saturated carbocycles. The Morgan fingerprint density at radius 3 is 2.80 bits per heavy atom. The molecular formula is C14H16FN3OS. The SMILES string of the molecule is CC(CC(N)=O)NCc1csc(-c2ccc(F)cc2)n1. The standard InChI is InChI=1S/C14H16FN3OS/c1-9(6-13(16)19)17-7-12-8-20-14(18-12)10-2-4-11(15)5-3-10/h2-5,8-9,17H,6-7H2,1H3,(H2,16,19). The topological polar surface area (TPSA) is 68.0 Å². The van der Waals surface area contributed by atoms with Gasteiger partial charge < -0.3 is 11.1 Å². The molecule has 0 aliphatic carbocycles. The van der Waals surface area contributed by atoms with E-state index in [1.54, 1.807) is 12.1 Å². The zero-order valence-corrected chi connectivity index (χ0v) is 11.9. The molecule has 0 bridgehead atoms. The Labute approximate surface area is 120 Å². The molecule has 0 fully saturated rings. The summed E-state index contributed by atoms with van der Waals surface area (Å²) in [6.07, 6.45) is 0.301. The molecule has 0 aliphatic heterocycles. The van der Waals surface area contributed by atoms with Crippen LogP contribution in [0.2, 0.25) is 0 Å². The first-order valence-corrected chi connectivity index (χ1v) is 7.14. The van der Waals surface area contributed by atoms with E-state index >= 15 is 0 Å². The average Bonchev–Trinajstić information content (AvgIpc) is 2.85. The van der Waals surface area contributed by atoms with Crippen molar-refractivity contribution in [1.82, 2.24) is 10.3 Å². The van der Waals surface area contributed by atoms with E-state index in [1.165, 1.54) is 23.5 Å². The molecule has 1 aromatic heterocycles. The molecule has 2 aromatic rings. The van der Waals surface area contributed by atoms with Gasteiger partial charge in [0.05, 0.1) is 5.69 Å². The van der Waals surface area contributed by atoms with E-state index in [0.29, 0.717) is 13.0 Å². The molecule has 1 unspecified atom stereocenters. The van der Waals surface area contributed by atoms with Crippen LogP contribution in [0.25, 0.3) is 10.6 Å². The summed E-state index contributed by atoms with van der Waals surface area (Å²) in [7, 11) is 0. The van der Waals surface area contributed by atoms with Crippen LogP contribution in [0.4, 0.5) is 4.39 Å². The van der Waals surface area contributed by atoms with E-state index in [4.69, 9.17) is 5.73 Å². The second-order valence-electron chi connectivity index (χ2n) is 4.60. The van der Waals surface area contributed by atoms with Gasteiger partial charge in [0.15, 0.2) is 0 Å². The molecule has 0 radical (unpaired) electrons. The number of carbonyl (C=O) groups excluding carboxylic acids is 1. The largest absolute Gasteiger partial charge is 0.370 e. The molecule has 1 heterocycles. The highest BCUT2D eigenvalue weighted by atomic mass is 32.1. The highest BCUT2D eigenvalue weighted by Gasteiger charge is 2.08. The quantitative estimate of drug-likeness (QED) is 0.858. The number of benzene rings is 1. The van der Waals surface area contributed by atoms with E-state index in [0.717, 1.165) is 16.3 Å². The molecule has 1 amide bonds. The zero-order chi connectivity index (χ0) is 14.5. The van der Waals surface area contributed by atoms with Crippen LogP contribution in [0.3, 0.4) is 0 Å². The lowest BCUT2D eigenvalue weighted by molar-refractivity contribution is -0.118. The van der Waals surface area contributed by atoms with Gasteiger partial charge in [0, 0.05) is 30.0 Å². The van der Waals surface area contributed by atoms with Crippen molar-refractivity contribution in [3.8, 4) is 10.6 Å². The van der Waals surface area contributed by atoms with Crippen molar-refractivity contribution in [1.29, 1.82) is 0 Å². The number of primary amides is 1. The minimum Gasteiger partial charge on any atom is -0.370 e. The van der Waals surface area contributed by atoms with E-state index in [2.05, 4.69) is 10.3 Å². The van der Waals surface area contributed by atoms with Gasteiger partial charge in [0.25, 0.3) is 0 Å². The lowest BCUT2D eigenvalue weighted by Gasteiger charge is -2.09. The smallest absolute Gasteiger partial charge is 0.218 e. The summed E-state index contributed by atoms with van der Waals surface area (Å²) in [5.41, 5.74) is 6.92. The third-order valence-electron chi connectivity index (χ3n) is 2.78. The Bertz CT molecular complexity index is 582. The predicted molar refractivity (Wildman–Crippen MR) is 77.6 cm³/mol. The van der Waals surface area contributed by atoms with Crippen molar-refractivity contribution in [3.05, 3.63) is 41.2 Å². The molecule has 0 spiro atoms. The van der Waals surface area contributed by atoms with E-state index in [-0.39, 0.29) is 17.8 Å². The van der Waals surface area contributed by atoms with Gasteiger partial charge in [-0.1, -0.05) is 0 Å². The minimum atomic E-state index is -0.324. The number of nitrogens with two attached hydrogens (primary N) is 1. The van der Waals surface area contributed by atoms with Crippen molar-refractivity contribution in [2.24, 2.45) is 5.73 Å². The van der Waals surface area contributed by atoms with Gasteiger partial charge in [-0.2, -0.15) is 0 Å². The van der Waals surface area contributed by atoms with Crippen molar-refractivity contribution >= 4 is 17.2 Å². The monoisotopic (exact) mass is 293 g/mol. The van der Waals surface area contributed by atoms with Crippen LogP contribution in [0, 0.1) is 5.82 Å². The van der Waals surface area contributed by atoms with Crippen LogP contribution >= 0.6 is 11.3 Å². The molecule has 2 rings (SSSR count). The molecule has 0 saturated heterocycles. The Balaban J connectivity index is 1.95. The molecule has 106 valence electrons. The van der Waals surface area contributed by atoms with E-state index in [1.807, 2.05) is 12.3 Å². The van der Waals surface area contributed by atoms with Crippen LogP contribution < -0.4 is 11.1 Å². The Morgan fingerprint density at radius 1 is 1.45 bits per heavy atom. The number of rotatable bonds is 6. The first-order chi connectivity index (χ1) is 9.54. The lowest BCUT2D eigenvalue weighted by atomic mass is 10.2. The van der Waals surface area contributed by atoms with Crippen LogP contribution in [-0.4, -0.2) is 16.9 Å². The highest BCUT2D eigenvalue weighted by Crippen LogP contribution is 2.23. The number of amides is 1. The molecule has 4 nitrogen and oxygen atoms in total. The maximum absolute atomic E-state index is 12.9. The maximum Gasteiger partial charge on any atom is 0.218 e. The van der Waals surface area contributed by atoms with Crippen LogP contribution in [0.5, 0.6) is 0 Å². The van der Waals surface area contributed by atoms with Crippen LogP contribution in [0.1, 0.15) is 19.0 Å². The van der Waals surface area contributed by atoms with Crippen LogP contribution in [-0.2, 0) is 11.3 Å². The highest BCUT2D eigenvalue weighted by molar-refractivity contribution is 7.13. The van der Waals surface area contributed by atoms with Gasteiger partial charge in [0.1, 0.15) is 10.8 Å². The second kappa shape index (κ2) is 6.58. The number of carbonyl (C=O) groups is 1. The molecule has 1 atom stereocenters. The number of aromatic nitrogens is 1. The first kappa shape index (κ1) is 14.6. The van der Waals surface area contributed by atoms with Crippen molar-refractivity contribution in [2.75, 3.05) is 0 Å². The zero-order valence-electron chi connectivity index (χ0n) is 11.1. The van der Waals surface area contributed by atoms with Crippen molar-refractivity contribution < 1.29 is 9.18 Å². The number of hydrogen-bond acceptors (Lipinski definition) is 4. The lowest BCUT2D eigenvalue weighted by Crippen LogP contribution is -2.30. The third kappa shape index (κ3) is 4.11. The summed E-state index contributed by atoms with van der Waals surface area (Å²) in [6.45, 7) is 2.48. The number of nitrogens with one attached hydrogen (secondary N) is 1. The van der Waals surface area contributed by atoms with E-state index < -0.39 is 0 Å². The molecule has 3 N–H and O–H groups in total. The summed E-state index contributed by atoms with van der Waals surface area (Å²) in [6, 6.07) is 6.28. The van der Waals surface area contributed by atoms with Gasteiger partial charge in [0.2, 0.25) is 5.91 Å². The maximum atomic E-state index is 12.9. The van der Waals surface area contributed by atoms with Gasteiger partial charge in [-0.05, 0) is 31.2 Å². The normalized spacial score (nSPS) is 12.3. The summed E-state index contributed by atoms with van der Waals surface area (Å²) in [5.74, 6) is -0.581.